The molecule has 0 spiro atoms. The lowest BCUT2D eigenvalue weighted by Crippen LogP contribution is -2.65. The predicted molar refractivity (Wildman–Crippen MR) is 217 cm³/mol. The fourth-order valence-corrected chi connectivity index (χ4v) is 7.83. The SMILES string of the molecule is COc1ccc([C@@H]2O[C@@H]3[C@H](O2)[C@@H]2OC[C@@H](O2)[C@H]3O[C@@H]2O[C@H](COC(=O)c3ccccc3)[C@H](OC(=O)c3ccccc3)[C@H](OC(=O)c3ccccc3)[C@H]2OC(=O)c2ccccc2)cc1. The van der Waals surface area contributed by atoms with E-state index in [1.54, 1.807) is 128 Å². The number of carbonyl (C=O) groups is 4. The van der Waals surface area contributed by atoms with Crippen LogP contribution in [0.5, 0.6) is 5.75 Å². The molecule has 4 aliphatic heterocycles. The van der Waals surface area contributed by atoms with Crippen LogP contribution < -0.4 is 4.74 Å². The van der Waals surface area contributed by atoms with Crippen molar-refractivity contribution in [2.24, 2.45) is 0 Å². The Balaban J connectivity index is 1.10. The summed E-state index contributed by atoms with van der Waals surface area (Å²) in [6, 6.07) is 39.8. The Morgan fingerprint density at radius 2 is 1.02 bits per heavy atom. The topological polar surface area (TPSA) is 170 Å². The van der Waals surface area contributed by atoms with Gasteiger partial charge in [-0.05, 0) is 60.7 Å². The quantitative estimate of drug-likeness (QED) is 0.102. The number of rotatable bonds is 13. The van der Waals surface area contributed by atoms with Crippen molar-refractivity contribution in [2.75, 3.05) is 20.3 Å². The normalized spacial score (nSPS) is 28.2. The Morgan fingerprint density at radius 1 is 0.524 bits per heavy atom. The molecular weight excluding hydrogens is 817 g/mol. The predicted octanol–water partition coefficient (Wildman–Crippen LogP) is 5.88. The molecule has 0 aromatic heterocycles. The molecule has 0 aliphatic carbocycles. The Hall–Kier alpha value is -6.46. The average molecular weight is 859 g/mol. The summed E-state index contributed by atoms with van der Waals surface area (Å²) in [4.78, 5) is 55.5. The molecule has 0 amide bonds. The van der Waals surface area contributed by atoms with Gasteiger partial charge in [-0.2, -0.15) is 0 Å². The van der Waals surface area contributed by atoms with Crippen molar-refractivity contribution in [3.63, 3.8) is 0 Å². The van der Waals surface area contributed by atoms with Gasteiger partial charge in [0.15, 0.2) is 37.2 Å². The molecule has 2 bridgehead atoms. The average Bonchev–Trinajstić information content (AvgIpc) is 3.99. The third-order valence-electron chi connectivity index (χ3n) is 11.0. The Morgan fingerprint density at radius 3 is 1.56 bits per heavy atom. The van der Waals surface area contributed by atoms with Gasteiger partial charge in [0, 0.05) is 5.56 Å². The second kappa shape index (κ2) is 18.9. The van der Waals surface area contributed by atoms with Gasteiger partial charge < -0.3 is 52.1 Å². The zero-order chi connectivity index (χ0) is 43.3. The maximum atomic E-state index is 14.1. The highest BCUT2D eigenvalue weighted by Crippen LogP contribution is 2.44. The van der Waals surface area contributed by atoms with Gasteiger partial charge in [0.05, 0.1) is 36.0 Å². The number of carbonyl (C=O) groups excluding carboxylic acids is 4. The van der Waals surface area contributed by atoms with Gasteiger partial charge >= 0.3 is 23.9 Å². The molecule has 11 atom stereocenters. The molecule has 4 heterocycles. The molecule has 5 aromatic carbocycles. The maximum absolute atomic E-state index is 14.1. The Bertz CT molecular complexity index is 2350. The molecule has 4 fully saturated rings. The Labute approximate surface area is 361 Å². The molecule has 4 saturated heterocycles. The number of fused-ring (bicyclic) bond motifs is 4. The summed E-state index contributed by atoms with van der Waals surface area (Å²) < 4.78 is 68.3. The molecule has 5 aromatic rings. The van der Waals surface area contributed by atoms with Crippen molar-refractivity contribution < 1.29 is 71.3 Å². The zero-order valence-corrected chi connectivity index (χ0v) is 33.7. The van der Waals surface area contributed by atoms with Gasteiger partial charge in [-0.3, -0.25) is 0 Å². The minimum atomic E-state index is -1.63. The van der Waals surface area contributed by atoms with E-state index in [-0.39, 0.29) is 28.9 Å². The molecule has 0 unspecified atom stereocenters. The second-order valence-corrected chi connectivity index (χ2v) is 15.0. The number of hydrogen-bond acceptors (Lipinski definition) is 15. The first-order chi connectivity index (χ1) is 30.8. The van der Waals surface area contributed by atoms with Crippen LogP contribution in [0.25, 0.3) is 0 Å². The van der Waals surface area contributed by atoms with E-state index in [4.69, 9.17) is 52.1 Å². The lowest BCUT2D eigenvalue weighted by molar-refractivity contribution is -0.329. The summed E-state index contributed by atoms with van der Waals surface area (Å²) in [6.45, 7) is -0.439. The number of hydrogen-bond donors (Lipinski definition) is 0. The lowest BCUT2D eigenvalue weighted by atomic mass is 9.96. The zero-order valence-electron chi connectivity index (χ0n) is 33.7. The van der Waals surface area contributed by atoms with Crippen LogP contribution in [0, 0.1) is 0 Å². The van der Waals surface area contributed by atoms with E-state index in [1.807, 2.05) is 12.1 Å². The van der Waals surface area contributed by atoms with Crippen LogP contribution in [-0.4, -0.2) is 106 Å². The third-order valence-corrected chi connectivity index (χ3v) is 11.0. The molecule has 0 saturated carbocycles. The monoisotopic (exact) mass is 858 g/mol. The van der Waals surface area contributed by atoms with Gasteiger partial charge in [-0.25, -0.2) is 19.2 Å². The third kappa shape index (κ3) is 9.20. The molecule has 15 nitrogen and oxygen atoms in total. The summed E-state index contributed by atoms with van der Waals surface area (Å²) in [5.41, 5.74) is 1.40. The van der Waals surface area contributed by atoms with Crippen molar-refractivity contribution >= 4 is 23.9 Å². The van der Waals surface area contributed by atoms with Crippen molar-refractivity contribution in [3.8, 4) is 5.75 Å². The number of ether oxygens (including phenoxy) is 11. The van der Waals surface area contributed by atoms with Crippen LogP contribution >= 0.6 is 0 Å². The number of esters is 4. The van der Waals surface area contributed by atoms with E-state index >= 15 is 0 Å². The summed E-state index contributed by atoms with van der Waals surface area (Å²) in [5.74, 6) is -2.56. The molecule has 0 radical (unpaired) electrons. The molecule has 9 rings (SSSR count). The summed E-state index contributed by atoms with van der Waals surface area (Å²) in [5, 5.41) is 0. The maximum Gasteiger partial charge on any atom is 0.338 e. The number of methoxy groups -OCH3 is 1. The van der Waals surface area contributed by atoms with Crippen LogP contribution in [0.2, 0.25) is 0 Å². The van der Waals surface area contributed by atoms with Gasteiger partial charge in [-0.1, -0.05) is 84.9 Å². The van der Waals surface area contributed by atoms with Gasteiger partial charge in [-0.15, -0.1) is 0 Å². The summed E-state index contributed by atoms with van der Waals surface area (Å²) >= 11 is 0. The number of benzene rings is 5. The van der Waals surface area contributed by atoms with E-state index in [2.05, 4.69) is 0 Å². The first-order valence-corrected chi connectivity index (χ1v) is 20.4. The van der Waals surface area contributed by atoms with E-state index in [9.17, 15) is 19.2 Å². The van der Waals surface area contributed by atoms with Crippen molar-refractivity contribution in [1.82, 2.24) is 0 Å². The van der Waals surface area contributed by atoms with E-state index in [0.717, 1.165) is 0 Å². The lowest BCUT2D eigenvalue weighted by Gasteiger charge is -2.46. The van der Waals surface area contributed by atoms with Crippen LogP contribution in [-0.2, 0) is 47.4 Å². The Kier molecular flexibility index (Phi) is 12.5. The van der Waals surface area contributed by atoms with Crippen molar-refractivity contribution in [2.45, 2.75) is 67.7 Å². The fraction of sp³-hybridized carbons (Fsp3) is 0.292. The largest absolute Gasteiger partial charge is 0.497 e. The molecular formula is C48H42O15. The highest BCUT2D eigenvalue weighted by atomic mass is 16.8. The fourth-order valence-electron chi connectivity index (χ4n) is 7.83. The second-order valence-electron chi connectivity index (χ2n) is 15.0. The first-order valence-electron chi connectivity index (χ1n) is 20.4. The highest BCUT2D eigenvalue weighted by molar-refractivity contribution is 5.91. The van der Waals surface area contributed by atoms with Crippen molar-refractivity contribution in [3.05, 3.63) is 173 Å². The summed E-state index contributed by atoms with van der Waals surface area (Å²) in [7, 11) is 1.57. The van der Waals surface area contributed by atoms with Crippen LogP contribution in [0.3, 0.4) is 0 Å². The van der Waals surface area contributed by atoms with Crippen LogP contribution in [0.15, 0.2) is 146 Å². The molecule has 15 heteroatoms. The van der Waals surface area contributed by atoms with E-state index < -0.39 is 98.2 Å². The summed E-state index contributed by atoms with van der Waals surface area (Å²) in [6.07, 6.45) is -12.7. The van der Waals surface area contributed by atoms with Crippen LogP contribution in [0.1, 0.15) is 53.3 Å². The van der Waals surface area contributed by atoms with Gasteiger partial charge in [0.2, 0.25) is 0 Å². The van der Waals surface area contributed by atoms with Gasteiger partial charge in [0.1, 0.15) is 42.9 Å². The molecule has 324 valence electrons. The minimum Gasteiger partial charge on any atom is -0.497 e. The van der Waals surface area contributed by atoms with Crippen LogP contribution in [0.4, 0.5) is 0 Å². The molecule has 63 heavy (non-hydrogen) atoms. The molecule has 4 aliphatic rings. The minimum absolute atomic E-state index is 0.0886. The van der Waals surface area contributed by atoms with Crippen molar-refractivity contribution in [1.29, 1.82) is 0 Å². The first kappa shape index (κ1) is 41.9. The highest BCUT2D eigenvalue weighted by Gasteiger charge is 2.61. The smallest absolute Gasteiger partial charge is 0.338 e. The standard InChI is InChI=1S/C48H42O15/c1-53-33-24-22-32(23-25-33)46-62-39-37(35-27-55-47(56-35)40(39)63-46)61-48-41(60-45(52)31-20-12-5-13-21-31)38(59-44(51)30-18-10-4-11-19-30)36(58-43(50)29-16-8-3-9-17-29)34(57-48)26-54-42(49)28-14-6-2-7-15-28/h2-25,34-41,46-48H,26-27H2,1H3/t34-,35-,36+,37-,38+,39+,40+,41-,46-,47-,48+/m1/s1. The van der Waals surface area contributed by atoms with E-state index in [1.165, 1.54) is 12.1 Å². The molecule has 0 N–H and O–H groups in total. The van der Waals surface area contributed by atoms with E-state index in [0.29, 0.717) is 11.3 Å². The van der Waals surface area contributed by atoms with Gasteiger partial charge in [0.25, 0.3) is 0 Å².